The van der Waals surface area contributed by atoms with Crippen LogP contribution < -0.4 is 5.32 Å². The lowest BCUT2D eigenvalue weighted by Crippen LogP contribution is -2.23. The van der Waals surface area contributed by atoms with Crippen LogP contribution in [0, 0.1) is 0 Å². The maximum atomic E-state index is 12.2. The summed E-state index contributed by atoms with van der Waals surface area (Å²) in [4.78, 5) is 4.72. The molecule has 0 aliphatic carbocycles. The first-order valence-corrected chi connectivity index (χ1v) is 9.26. The van der Waals surface area contributed by atoms with Gasteiger partial charge < -0.3 is 9.72 Å². The van der Waals surface area contributed by atoms with Gasteiger partial charge in [-0.3, -0.25) is 0 Å². The Balaban J connectivity index is 1.64. The number of hydrogen-bond acceptors (Lipinski definition) is 4. The third kappa shape index (κ3) is 2.43. The summed E-state index contributed by atoms with van der Waals surface area (Å²) in [5, 5.41) is 3.73. The minimum atomic E-state index is -3.22. The fraction of sp³-hybridized carbons (Fsp3) is 0.188. The molecule has 1 N–H and O–H groups in total. The SMILES string of the molecule is O=S1(=O)CC(NCc2c(Cl)nc3ccccn23)c2ccccc21. The van der Waals surface area contributed by atoms with Gasteiger partial charge in [0.05, 0.1) is 16.3 Å². The number of aromatic nitrogens is 2. The van der Waals surface area contributed by atoms with E-state index in [0.29, 0.717) is 16.6 Å². The first-order chi connectivity index (χ1) is 11.1. The van der Waals surface area contributed by atoms with Crippen molar-refractivity contribution in [2.45, 2.75) is 17.5 Å². The largest absolute Gasteiger partial charge is 0.303 e. The summed E-state index contributed by atoms with van der Waals surface area (Å²) < 4.78 is 26.3. The summed E-state index contributed by atoms with van der Waals surface area (Å²) in [6, 6.07) is 12.6. The lowest BCUT2D eigenvalue weighted by atomic mass is 10.1. The monoisotopic (exact) mass is 347 g/mol. The summed E-state index contributed by atoms with van der Waals surface area (Å²) in [6.07, 6.45) is 1.89. The van der Waals surface area contributed by atoms with Gasteiger partial charge in [-0.1, -0.05) is 35.9 Å². The van der Waals surface area contributed by atoms with Crippen molar-refractivity contribution in [3.8, 4) is 0 Å². The average molecular weight is 348 g/mol. The Hall–Kier alpha value is -1.89. The minimum absolute atomic E-state index is 0.0701. The van der Waals surface area contributed by atoms with Crippen LogP contribution in [0.25, 0.3) is 5.65 Å². The molecule has 1 atom stereocenters. The van der Waals surface area contributed by atoms with Gasteiger partial charge in [-0.25, -0.2) is 13.4 Å². The van der Waals surface area contributed by atoms with Crippen LogP contribution in [0.4, 0.5) is 0 Å². The zero-order valence-electron chi connectivity index (χ0n) is 12.1. The van der Waals surface area contributed by atoms with E-state index in [2.05, 4.69) is 10.3 Å². The second-order valence-corrected chi connectivity index (χ2v) is 7.89. The number of rotatable bonds is 3. The van der Waals surface area contributed by atoms with Gasteiger partial charge >= 0.3 is 0 Å². The molecule has 0 saturated heterocycles. The summed E-state index contributed by atoms with van der Waals surface area (Å²) in [6.45, 7) is 0.443. The van der Waals surface area contributed by atoms with Crippen LogP contribution in [0.15, 0.2) is 53.6 Å². The van der Waals surface area contributed by atoms with Gasteiger partial charge in [0.25, 0.3) is 0 Å². The highest BCUT2D eigenvalue weighted by molar-refractivity contribution is 7.91. The van der Waals surface area contributed by atoms with E-state index in [9.17, 15) is 8.42 Å². The second-order valence-electron chi connectivity index (χ2n) is 5.53. The Morgan fingerprint density at radius 2 is 2.00 bits per heavy atom. The van der Waals surface area contributed by atoms with Crippen molar-refractivity contribution in [3.63, 3.8) is 0 Å². The summed E-state index contributed by atoms with van der Waals surface area (Å²) in [7, 11) is -3.22. The molecule has 1 unspecified atom stereocenters. The maximum Gasteiger partial charge on any atom is 0.180 e. The number of halogens is 1. The van der Waals surface area contributed by atoms with Crippen molar-refractivity contribution in [2.24, 2.45) is 0 Å². The average Bonchev–Trinajstić information content (AvgIpc) is 2.99. The molecule has 1 aliphatic rings. The van der Waals surface area contributed by atoms with Gasteiger partial charge in [-0.05, 0) is 23.8 Å². The number of benzene rings is 1. The quantitative estimate of drug-likeness (QED) is 0.791. The van der Waals surface area contributed by atoms with Crippen molar-refractivity contribution in [2.75, 3.05) is 5.75 Å². The van der Waals surface area contributed by atoms with Crippen molar-refractivity contribution in [1.82, 2.24) is 14.7 Å². The summed E-state index contributed by atoms with van der Waals surface area (Å²) in [5.74, 6) is 0.0701. The lowest BCUT2D eigenvalue weighted by Gasteiger charge is -2.12. The number of nitrogens with zero attached hydrogens (tertiary/aromatic N) is 2. The van der Waals surface area contributed by atoms with Gasteiger partial charge in [0.2, 0.25) is 0 Å². The molecule has 3 aromatic rings. The number of sulfone groups is 1. The van der Waals surface area contributed by atoms with Crippen molar-refractivity contribution < 1.29 is 8.42 Å². The normalized spacial score (nSPS) is 19.1. The lowest BCUT2D eigenvalue weighted by molar-refractivity contribution is 0.560. The van der Waals surface area contributed by atoms with Gasteiger partial charge in [-0.15, -0.1) is 0 Å². The first kappa shape index (κ1) is 14.7. The van der Waals surface area contributed by atoms with Crippen LogP contribution in [0.5, 0.6) is 0 Å². The minimum Gasteiger partial charge on any atom is -0.303 e. The number of fused-ring (bicyclic) bond motifs is 2. The van der Waals surface area contributed by atoms with E-state index in [-0.39, 0.29) is 11.8 Å². The van der Waals surface area contributed by atoms with Crippen LogP contribution in [0.2, 0.25) is 5.15 Å². The third-order valence-corrected chi connectivity index (χ3v) is 6.23. The summed E-state index contributed by atoms with van der Waals surface area (Å²) in [5.41, 5.74) is 2.41. The van der Waals surface area contributed by atoms with Gasteiger partial charge in [0, 0.05) is 18.8 Å². The molecule has 4 rings (SSSR count). The second kappa shape index (κ2) is 5.33. The molecule has 23 heavy (non-hydrogen) atoms. The fourth-order valence-corrected chi connectivity index (χ4v) is 5.03. The van der Waals surface area contributed by atoms with Crippen molar-refractivity contribution in [1.29, 1.82) is 0 Å². The summed E-state index contributed by atoms with van der Waals surface area (Å²) >= 11 is 6.22. The van der Waals surface area contributed by atoms with Crippen LogP contribution >= 0.6 is 11.6 Å². The molecule has 5 nitrogen and oxygen atoms in total. The molecule has 118 valence electrons. The zero-order valence-corrected chi connectivity index (χ0v) is 13.7. The molecule has 2 aromatic heterocycles. The molecule has 1 aromatic carbocycles. The fourth-order valence-electron chi connectivity index (χ4n) is 3.02. The molecule has 0 saturated carbocycles. The molecule has 3 heterocycles. The molecule has 7 heteroatoms. The Bertz CT molecular complexity index is 997. The molecule has 1 aliphatic heterocycles. The highest BCUT2D eigenvalue weighted by Gasteiger charge is 2.34. The van der Waals surface area contributed by atoms with E-state index in [0.717, 1.165) is 16.9 Å². The van der Waals surface area contributed by atoms with E-state index < -0.39 is 9.84 Å². The van der Waals surface area contributed by atoms with E-state index in [1.54, 1.807) is 12.1 Å². The van der Waals surface area contributed by atoms with Crippen LogP contribution in [0.3, 0.4) is 0 Å². The number of pyridine rings is 1. The van der Waals surface area contributed by atoms with E-state index in [4.69, 9.17) is 11.6 Å². The van der Waals surface area contributed by atoms with Gasteiger partial charge in [0.15, 0.2) is 15.0 Å². The molecule has 0 amide bonds. The van der Waals surface area contributed by atoms with Crippen LogP contribution in [-0.4, -0.2) is 23.6 Å². The predicted octanol–water partition coefficient (Wildman–Crippen LogP) is 2.61. The Labute approximate surface area is 138 Å². The standard InChI is InChI=1S/C16H14ClN3O2S/c17-16-13(20-8-4-3-7-15(20)19-16)9-18-12-10-23(21,22)14-6-2-1-5-11(12)14/h1-8,12,18H,9-10H2. The Morgan fingerprint density at radius 1 is 1.22 bits per heavy atom. The topological polar surface area (TPSA) is 63.5 Å². The van der Waals surface area contributed by atoms with E-state index >= 15 is 0 Å². The molecule has 0 fully saturated rings. The molecule has 0 spiro atoms. The van der Waals surface area contributed by atoms with Gasteiger partial charge in [-0.2, -0.15) is 0 Å². The maximum absolute atomic E-state index is 12.2. The van der Waals surface area contributed by atoms with E-state index in [1.807, 2.05) is 40.9 Å². The smallest absolute Gasteiger partial charge is 0.180 e. The first-order valence-electron chi connectivity index (χ1n) is 7.23. The van der Waals surface area contributed by atoms with Crippen LogP contribution in [-0.2, 0) is 16.4 Å². The Morgan fingerprint density at radius 3 is 2.87 bits per heavy atom. The molecular formula is C16H14ClN3O2S. The number of imidazole rings is 1. The van der Waals surface area contributed by atoms with Gasteiger partial charge in [0.1, 0.15) is 5.65 Å². The zero-order chi connectivity index (χ0) is 16.0. The van der Waals surface area contributed by atoms with Crippen molar-refractivity contribution >= 4 is 27.1 Å². The number of nitrogens with one attached hydrogen (secondary N) is 1. The van der Waals surface area contributed by atoms with Crippen LogP contribution in [0.1, 0.15) is 17.3 Å². The predicted molar refractivity (Wildman–Crippen MR) is 88.3 cm³/mol. The Kier molecular flexibility index (Phi) is 3.41. The third-order valence-electron chi connectivity index (χ3n) is 4.11. The van der Waals surface area contributed by atoms with Crippen molar-refractivity contribution in [3.05, 3.63) is 65.1 Å². The molecular weight excluding hydrogens is 334 g/mol. The highest BCUT2D eigenvalue weighted by Crippen LogP contribution is 2.33. The highest BCUT2D eigenvalue weighted by atomic mass is 35.5. The molecule has 0 bridgehead atoms. The van der Waals surface area contributed by atoms with E-state index in [1.165, 1.54) is 0 Å². The molecule has 0 radical (unpaired) electrons. The number of hydrogen-bond donors (Lipinski definition) is 1.